The van der Waals surface area contributed by atoms with Gasteiger partial charge in [0, 0.05) is 24.2 Å². The molecule has 0 aliphatic rings. The molecule has 0 unspecified atom stereocenters. The van der Waals surface area contributed by atoms with E-state index in [9.17, 15) is 27.3 Å². The normalized spacial score (nSPS) is 11.6. The van der Waals surface area contributed by atoms with E-state index >= 15 is 0 Å². The number of halogens is 2. The van der Waals surface area contributed by atoms with Gasteiger partial charge in [-0.1, -0.05) is 18.2 Å². The number of non-ortho nitro benzene ring substituents is 1. The second-order valence-electron chi connectivity index (χ2n) is 5.45. The summed E-state index contributed by atoms with van der Waals surface area (Å²) in [6.45, 7) is -0.268. The van der Waals surface area contributed by atoms with E-state index in [4.69, 9.17) is 0 Å². The molecule has 0 bridgehead atoms. The van der Waals surface area contributed by atoms with Crippen molar-refractivity contribution < 1.29 is 26.9 Å². The molecular formula is C16H16F2N2O5S. The number of hydrogen-bond acceptors (Lipinski definition) is 5. The Labute approximate surface area is 148 Å². The second-order valence-corrected chi connectivity index (χ2v) is 7.19. The van der Waals surface area contributed by atoms with E-state index < -0.39 is 21.6 Å². The Bertz CT molecular complexity index is 932. The van der Waals surface area contributed by atoms with Crippen LogP contribution in [0.3, 0.4) is 0 Å². The highest BCUT2D eigenvalue weighted by Gasteiger charge is 2.22. The standard InChI is InChI=1S/C16H16F2N2O5S/c1-10-7-13(20(21)22)8-15(11(10)2)26(23,24)19-9-12-5-3-4-6-14(12)25-16(17)18/h3-8,16,19H,9H2,1-2H3. The van der Waals surface area contributed by atoms with Gasteiger partial charge in [-0.05, 0) is 31.0 Å². The van der Waals surface area contributed by atoms with Gasteiger partial charge in [-0.25, -0.2) is 13.1 Å². The minimum atomic E-state index is -4.11. The van der Waals surface area contributed by atoms with E-state index in [-0.39, 0.29) is 28.4 Å². The smallest absolute Gasteiger partial charge is 0.387 e. The number of rotatable bonds is 7. The lowest BCUT2D eigenvalue weighted by Crippen LogP contribution is -2.25. The van der Waals surface area contributed by atoms with Crippen LogP contribution in [0.25, 0.3) is 0 Å². The number of hydrogen-bond donors (Lipinski definition) is 1. The molecule has 2 aromatic carbocycles. The molecular weight excluding hydrogens is 370 g/mol. The maximum atomic E-state index is 12.6. The van der Waals surface area contributed by atoms with Crippen LogP contribution < -0.4 is 9.46 Å². The summed E-state index contributed by atoms with van der Waals surface area (Å²) < 4.78 is 56.6. The van der Waals surface area contributed by atoms with Crippen molar-refractivity contribution in [2.24, 2.45) is 0 Å². The summed E-state index contributed by atoms with van der Waals surface area (Å²) in [6.07, 6.45) is 0. The number of nitrogens with zero attached hydrogens (tertiary/aromatic N) is 1. The van der Waals surface area contributed by atoms with Crippen LogP contribution in [0.2, 0.25) is 0 Å². The van der Waals surface area contributed by atoms with Crippen LogP contribution >= 0.6 is 0 Å². The van der Waals surface area contributed by atoms with Crippen molar-refractivity contribution in [1.29, 1.82) is 0 Å². The highest BCUT2D eigenvalue weighted by atomic mass is 32.2. The summed E-state index contributed by atoms with van der Waals surface area (Å²) >= 11 is 0. The van der Waals surface area contributed by atoms with Crippen molar-refractivity contribution in [1.82, 2.24) is 4.72 Å². The molecule has 0 radical (unpaired) electrons. The van der Waals surface area contributed by atoms with Crippen molar-refractivity contribution in [3.8, 4) is 5.75 Å². The molecule has 10 heteroatoms. The number of alkyl halides is 2. The van der Waals surface area contributed by atoms with Gasteiger partial charge in [0.25, 0.3) is 5.69 Å². The first-order valence-corrected chi connectivity index (χ1v) is 8.88. The largest absolute Gasteiger partial charge is 0.434 e. The third kappa shape index (κ3) is 4.52. The number of nitro groups is 1. The lowest BCUT2D eigenvalue weighted by molar-refractivity contribution is -0.385. The van der Waals surface area contributed by atoms with Crippen molar-refractivity contribution in [3.63, 3.8) is 0 Å². The molecule has 0 amide bonds. The number of para-hydroxylation sites is 1. The Morgan fingerprint density at radius 2 is 1.88 bits per heavy atom. The third-order valence-electron chi connectivity index (χ3n) is 3.75. The molecule has 0 heterocycles. The van der Waals surface area contributed by atoms with Gasteiger partial charge in [-0.3, -0.25) is 10.1 Å². The average molecular weight is 386 g/mol. The molecule has 26 heavy (non-hydrogen) atoms. The SMILES string of the molecule is Cc1cc([N+](=O)[O-])cc(S(=O)(=O)NCc2ccccc2OC(F)F)c1C. The maximum Gasteiger partial charge on any atom is 0.387 e. The van der Waals surface area contributed by atoms with E-state index in [0.717, 1.165) is 6.07 Å². The number of aryl methyl sites for hydroxylation is 1. The molecule has 0 spiro atoms. The van der Waals surface area contributed by atoms with Crippen LogP contribution in [0.4, 0.5) is 14.5 Å². The van der Waals surface area contributed by atoms with Crippen molar-refractivity contribution in [2.45, 2.75) is 31.9 Å². The van der Waals surface area contributed by atoms with Crippen LogP contribution in [0.1, 0.15) is 16.7 Å². The molecule has 0 atom stereocenters. The highest BCUT2D eigenvalue weighted by Crippen LogP contribution is 2.26. The number of benzene rings is 2. The molecule has 0 aliphatic carbocycles. The van der Waals surface area contributed by atoms with E-state index in [2.05, 4.69) is 9.46 Å². The van der Waals surface area contributed by atoms with Crippen LogP contribution in [0.15, 0.2) is 41.3 Å². The topological polar surface area (TPSA) is 98.5 Å². The monoisotopic (exact) mass is 386 g/mol. The molecule has 2 aromatic rings. The summed E-state index contributed by atoms with van der Waals surface area (Å²) in [6, 6.07) is 7.99. The Morgan fingerprint density at radius 1 is 1.23 bits per heavy atom. The van der Waals surface area contributed by atoms with Crippen molar-refractivity contribution in [3.05, 3.63) is 63.2 Å². The second kappa shape index (κ2) is 7.75. The molecule has 0 aliphatic heterocycles. The van der Waals surface area contributed by atoms with Gasteiger partial charge in [0.15, 0.2) is 0 Å². The Morgan fingerprint density at radius 3 is 2.50 bits per heavy atom. The number of nitrogens with one attached hydrogen (secondary N) is 1. The lowest BCUT2D eigenvalue weighted by Gasteiger charge is -2.13. The van der Waals surface area contributed by atoms with Gasteiger partial charge in [0.1, 0.15) is 5.75 Å². The molecule has 1 N–H and O–H groups in total. The van der Waals surface area contributed by atoms with Gasteiger partial charge >= 0.3 is 6.61 Å². The zero-order valence-electron chi connectivity index (χ0n) is 13.9. The van der Waals surface area contributed by atoms with E-state index in [1.54, 1.807) is 13.0 Å². The fourth-order valence-electron chi connectivity index (χ4n) is 2.30. The molecule has 0 saturated carbocycles. The quantitative estimate of drug-likeness (QED) is 0.582. The predicted octanol–water partition coefficient (Wildman–Crippen LogP) is 3.29. The van der Waals surface area contributed by atoms with Crippen molar-refractivity contribution >= 4 is 15.7 Å². The number of sulfonamides is 1. The van der Waals surface area contributed by atoms with Crippen LogP contribution in [0.5, 0.6) is 5.75 Å². The van der Waals surface area contributed by atoms with E-state index in [1.807, 2.05) is 0 Å². The van der Waals surface area contributed by atoms with Crippen LogP contribution in [0, 0.1) is 24.0 Å². The van der Waals surface area contributed by atoms with Crippen LogP contribution in [-0.4, -0.2) is 20.0 Å². The third-order valence-corrected chi connectivity index (χ3v) is 5.27. The molecule has 0 saturated heterocycles. The minimum absolute atomic E-state index is 0.155. The first-order valence-electron chi connectivity index (χ1n) is 7.40. The summed E-state index contributed by atoms with van der Waals surface area (Å²) in [5.74, 6) is -0.155. The molecule has 7 nitrogen and oxygen atoms in total. The molecule has 0 aromatic heterocycles. The number of nitro benzene ring substituents is 1. The van der Waals surface area contributed by atoms with Gasteiger partial charge in [0.2, 0.25) is 10.0 Å². The first kappa shape index (κ1) is 19.7. The number of ether oxygens (including phenoxy) is 1. The first-order chi connectivity index (χ1) is 12.1. The van der Waals surface area contributed by atoms with Gasteiger partial charge in [-0.15, -0.1) is 0 Å². The summed E-state index contributed by atoms with van der Waals surface area (Å²) in [5.41, 5.74) is 0.660. The van der Waals surface area contributed by atoms with Gasteiger partial charge < -0.3 is 4.74 Å². The zero-order chi connectivity index (χ0) is 19.5. The van der Waals surface area contributed by atoms with Crippen LogP contribution in [-0.2, 0) is 16.6 Å². The molecule has 0 fully saturated rings. The Kier molecular flexibility index (Phi) is 5.88. The Balaban J connectivity index is 2.32. The fourth-order valence-corrected chi connectivity index (χ4v) is 3.65. The fraction of sp³-hybridized carbons (Fsp3) is 0.250. The summed E-state index contributed by atoms with van der Waals surface area (Å²) in [5, 5.41) is 11.0. The molecule has 140 valence electrons. The maximum absolute atomic E-state index is 12.6. The predicted molar refractivity (Wildman–Crippen MR) is 89.7 cm³/mol. The van der Waals surface area contributed by atoms with Gasteiger partial charge in [-0.2, -0.15) is 8.78 Å². The van der Waals surface area contributed by atoms with E-state index in [0.29, 0.717) is 11.1 Å². The summed E-state index contributed by atoms with van der Waals surface area (Å²) in [7, 11) is -4.11. The van der Waals surface area contributed by atoms with E-state index in [1.165, 1.54) is 31.2 Å². The average Bonchev–Trinajstić information content (AvgIpc) is 2.55. The molecule has 2 rings (SSSR count). The van der Waals surface area contributed by atoms with Crippen molar-refractivity contribution in [2.75, 3.05) is 0 Å². The zero-order valence-corrected chi connectivity index (χ0v) is 14.7. The lowest BCUT2D eigenvalue weighted by atomic mass is 10.1. The highest BCUT2D eigenvalue weighted by molar-refractivity contribution is 7.89. The Hall–Kier alpha value is -2.59. The summed E-state index contributed by atoms with van der Waals surface area (Å²) in [4.78, 5) is 10.1. The minimum Gasteiger partial charge on any atom is -0.434 e. The van der Waals surface area contributed by atoms with Gasteiger partial charge in [0.05, 0.1) is 9.82 Å².